The first kappa shape index (κ1) is 26.8. The van der Waals surface area contributed by atoms with Crippen molar-refractivity contribution in [3.05, 3.63) is 105 Å². The molecule has 212 valence electrons. The molecule has 2 aliphatic carbocycles. The Morgan fingerprint density at radius 3 is 2.60 bits per heavy atom. The molecule has 0 unspecified atom stereocenters. The monoisotopic (exact) mass is 620 g/mol. The smallest absolute Gasteiger partial charge is 0.248 e. The summed E-state index contributed by atoms with van der Waals surface area (Å²) >= 11 is 3.57. The molecule has 0 aliphatic heterocycles. The van der Waals surface area contributed by atoms with Gasteiger partial charge in [-0.15, -0.1) is 15.3 Å². The largest absolute Gasteiger partial charge is 0.368 e. The summed E-state index contributed by atoms with van der Waals surface area (Å²) in [4.78, 5) is 4.49. The van der Waals surface area contributed by atoms with Gasteiger partial charge in [-0.05, 0) is 103 Å². The van der Waals surface area contributed by atoms with Gasteiger partial charge in [-0.1, -0.05) is 58.4 Å². The molecule has 0 saturated carbocycles. The van der Waals surface area contributed by atoms with Crippen molar-refractivity contribution < 1.29 is 0 Å². The average molecular weight is 622 g/mol. The molecule has 0 fully saturated rings. The van der Waals surface area contributed by atoms with Crippen LogP contribution >= 0.6 is 15.9 Å². The molecule has 0 amide bonds. The maximum atomic E-state index is 6.31. The maximum absolute atomic E-state index is 6.31. The lowest BCUT2D eigenvalue weighted by molar-refractivity contribution is 0.462. The summed E-state index contributed by atoms with van der Waals surface area (Å²) in [7, 11) is 0. The van der Waals surface area contributed by atoms with Crippen LogP contribution < -0.4 is 16.4 Å². The number of nitrogens with one attached hydrogen (secondary N) is 2. The van der Waals surface area contributed by atoms with E-state index in [1.807, 2.05) is 6.07 Å². The Labute approximate surface area is 253 Å². The molecular weight excluding hydrogens is 588 g/mol. The van der Waals surface area contributed by atoms with E-state index in [9.17, 15) is 0 Å². The van der Waals surface area contributed by atoms with Crippen molar-refractivity contribution in [2.75, 3.05) is 11.1 Å². The van der Waals surface area contributed by atoms with Crippen molar-refractivity contribution in [1.29, 1.82) is 0 Å². The second kappa shape index (κ2) is 11.7. The van der Waals surface area contributed by atoms with Crippen LogP contribution in [-0.4, -0.2) is 31.0 Å². The first-order valence-electron chi connectivity index (χ1n) is 14.6. The zero-order valence-corrected chi connectivity index (χ0v) is 24.9. The standard InChI is InChI=1S/C33H33BrN8/c34-26-9-3-5-21(17-26)20-36-27-14-11-22-12-16-28(18-24(22)13-15-27)37-33-38-32(35)42(41-33)30-19-25-8-4-7-23-6-1-2-10-29(23)31(25)40-39-30/h1-3,5-6,9-10,12,16-19,27,36H,4,7-8,11,13-15,20H2,(H3,35,37,38,41)/t27-/m1/s1. The number of hydrogen-bond acceptors (Lipinski definition) is 7. The second-order valence-corrected chi connectivity index (χ2v) is 12.1. The second-order valence-electron chi connectivity index (χ2n) is 11.2. The Morgan fingerprint density at radius 2 is 1.69 bits per heavy atom. The van der Waals surface area contributed by atoms with Crippen LogP contribution in [0.4, 0.5) is 17.6 Å². The highest BCUT2D eigenvalue weighted by atomic mass is 79.9. The fourth-order valence-corrected chi connectivity index (χ4v) is 6.60. The third-order valence-corrected chi connectivity index (χ3v) is 8.84. The van der Waals surface area contributed by atoms with Gasteiger partial charge in [-0.3, -0.25) is 0 Å². The van der Waals surface area contributed by atoms with Crippen molar-refractivity contribution in [3.63, 3.8) is 0 Å². The van der Waals surface area contributed by atoms with Crippen LogP contribution in [0.3, 0.4) is 0 Å². The van der Waals surface area contributed by atoms with E-state index < -0.39 is 0 Å². The highest BCUT2D eigenvalue weighted by Crippen LogP contribution is 2.31. The molecule has 0 spiro atoms. The average Bonchev–Trinajstić information content (AvgIpc) is 3.15. The van der Waals surface area contributed by atoms with Gasteiger partial charge >= 0.3 is 0 Å². The van der Waals surface area contributed by atoms with Gasteiger partial charge in [-0.2, -0.15) is 9.67 Å². The quantitative estimate of drug-likeness (QED) is 0.190. The summed E-state index contributed by atoms with van der Waals surface area (Å²) in [6, 6.07) is 26.0. The fraction of sp³-hybridized carbons (Fsp3) is 0.273. The Bertz CT molecular complexity index is 1750. The molecule has 5 aromatic rings. The molecule has 7 rings (SSSR count). The molecule has 2 aromatic heterocycles. The van der Waals surface area contributed by atoms with Gasteiger partial charge in [-0.25, -0.2) is 0 Å². The number of benzene rings is 3. The predicted octanol–water partition coefficient (Wildman–Crippen LogP) is 6.34. The maximum Gasteiger partial charge on any atom is 0.248 e. The van der Waals surface area contributed by atoms with Crippen LogP contribution in [0.2, 0.25) is 0 Å². The molecule has 4 N–H and O–H groups in total. The van der Waals surface area contributed by atoms with Gasteiger partial charge in [0.25, 0.3) is 0 Å². The lowest BCUT2D eigenvalue weighted by Crippen LogP contribution is -2.28. The Hall–Kier alpha value is -4.08. The van der Waals surface area contributed by atoms with Crippen LogP contribution in [0.1, 0.15) is 47.1 Å². The predicted molar refractivity (Wildman–Crippen MR) is 170 cm³/mol. The number of anilines is 3. The van der Waals surface area contributed by atoms with E-state index in [0.717, 1.165) is 78.5 Å². The lowest BCUT2D eigenvalue weighted by atomic mass is 10.0. The van der Waals surface area contributed by atoms with Crippen LogP contribution in [0.15, 0.2) is 77.3 Å². The van der Waals surface area contributed by atoms with E-state index in [4.69, 9.17) is 5.73 Å². The number of aryl methyl sites for hydroxylation is 4. The van der Waals surface area contributed by atoms with Crippen molar-refractivity contribution in [1.82, 2.24) is 30.3 Å². The lowest BCUT2D eigenvalue weighted by Gasteiger charge is -2.16. The zero-order valence-electron chi connectivity index (χ0n) is 23.4. The summed E-state index contributed by atoms with van der Waals surface area (Å²) in [6.45, 7) is 0.880. The number of rotatable bonds is 6. The summed E-state index contributed by atoms with van der Waals surface area (Å²) in [5, 5.41) is 20.9. The highest BCUT2D eigenvalue weighted by molar-refractivity contribution is 9.10. The van der Waals surface area contributed by atoms with Gasteiger partial charge in [0, 0.05) is 28.3 Å². The number of fused-ring (bicyclic) bond motifs is 4. The minimum absolute atomic E-state index is 0.273. The summed E-state index contributed by atoms with van der Waals surface area (Å²) in [5.74, 6) is 1.29. The molecule has 0 radical (unpaired) electrons. The number of aromatic nitrogens is 5. The number of nitrogens with zero attached hydrogens (tertiary/aromatic N) is 5. The number of nitrogen functional groups attached to an aromatic ring is 1. The Morgan fingerprint density at radius 1 is 0.833 bits per heavy atom. The van der Waals surface area contributed by atoms with Crippen LogP contribution in [0, 0.1) is 0 Å². The van der Waals surface area contributed by atoms with Crippen molar-refractivity contribution in [3.8, 4) is 17.1 Å². The van der Waals surface area contributed by atoms with E-state index in [2.05, 4.69) is 114 Å². The SMILES string of the molecule is Nc1nc(Nc2ccc3c(c2)CC[C@H](NCc2cccc(Br)c2)CC3)nn1-c1cc2c(nn1)-c1ccccc1CCC2. The van der Waals surface area contributed by atoms with E-state index in [0.29, 0.717) is 17.8 Å². The van der Waals surface area contributed by atoms with Crippen LogP contribution in [-0.2, 0) is 32.2 Å². The molecule has 2 heterocycles. The fourth-order valence-electron chi connectivity index (χ4n) is 6.15. The normalized spacial score (nSPS) is 16.1. The van der Waals surface area contributed by atoms with Gasteiger partial charge < -0.3 is 16.4 Å². The van der Waals surface area contributed by atoms with Gasteiger partial charge in [0.05, 0.1) is 5.69 Å². The van der Waals surface area contributed by atoms with Crippen molar-refractivity contribution >= 4 is 33.5 Å². The first-order chi connectivity index (χ1) is 20.6. The molecule has 9 heteroatoms. The molecule has 2 aliphatic rings. The summed E-state index contributed by atoms with van der Waals surface area (Å²) in [6.07, 6.45) is 7.35. The number of halogens is 1. The Kier molecular flexibility index (Phi) is 7.44. The molecule has 1 atom stereocenters. The first-order valence-corrected chi connectivity index (χ1v) is 15.4. The topological polar surface area (TPSA) is 107 Å². The number of hydrogen-bond donors (Lipinski definition) is 3. The third kappa shape index (κ3) is 5.67. The molecule has 8 nitrogen and oxygen atoms in total. The van der Waals surface area contributed by atoms with E-state index in [-0.39, 0.29) is 5.95 Å². The molecule has 0 saturated heterocycles. The summed E-state index contributed by atoms with van der Waals surface area (Å²) < 4.78 is 2.69. The molecule has 3 aromatic carbocycles. The Balaban J connectivity index is 1.04. The van der Waals surface area contributed by atoms with Gasteiger partial charge in [0.2, 0.25) is 11.9 Å². The van der Waals surface area contributed by atoms with E-state index in [1.165, 1.54) is 22.3 Å². The molecular formula is C33H33BrN8. The molecule has 0 bridgehead atoms. The number of nitrogens with two attached hydrogens (primary N) is 1. The van der Waals surface area contributed by atoms with E-state index in [1.54, 1.807) is 4.68 Å². The van der Waals surface area contributed by atoms with Crippen LogP contribution in [0.5, 0.6) is 0 Å². The minimum Gasteiger partial charge on any atom is -0.368 e. The summed E-state index contributed by atoms with van der Waals surface area (Å²) in [5.41, 5.74) is 15.9. The third-order valence-electron chi connectivity index (χ3n) is 8.34. The zero-order chi connectivity index (χ0) is 28.5. The minimum atomic E-state index is 0.273. The van der Waals surface area contributed by atoms with Crippen molar-refractivity contribution in [2.45, 2.75) is 57.5 Å². The molecule has 42 heavy (non-hydrogen) atoms. The van der Waals surface area contributed by atoms with Crippen molar-refractivity contribution in [2.24, 2.45) is 0 Å². The highest BCUT2D eigenvalue weighted by Gasteiger charge is 2.20. The van der Waals surface area contributed by atoms with Gasteiger partial charge in [0.1, 0.15) is 0 Å². The van der Waals surface area contributed by atoms with E-state index >= 15 is 0 Å². The van der Waals surface area contributed by atoms with Crippen LogP contribution in [0.25, 0.3) is 17.1 Å². The van der Waals surface area contributed by atoms with Gasteiger partial charge in [0.15, 0.2) is 5.82 Å².